The second kappa shape index (κ2) is 15.2. The fraction of sp³-hybridized carbons (Fsp3) is 0.293. The number of nitrogens with zero attached hydrogens (tertiary/aromatic N) is 8. The van der Waals surface area contributed by atoms with Crippen LogP contribution in [0, 0.1) is 17.6 Å². The van der Waals surface area contributed by atoms with Crippen LogP contribution in [-0.4, -0.2) is 59.7 Å². The maximum Gasteiger partial charge on any atom is 0.293 e. The van der Waals surface area contributed by atoms with Crippen molar-refractivity contribution in [3.8, 4) is 16.9 Å². The quantitative estimate of drug-likeness (QED) is 0.122. The molecule has 0 saturated heterocycles. The van der Waals surface area contributed by atoms with Gasteiger partial charge in [-0.3, -0.25) is 38.2 Å². The smallest absolute Gasteiger partial charge is 0.293 e. The van der Waals surface area contributed by atoms with Gasteiger partial charge in [0.05, 0.1) is 56.2 Å². The number of carbonyl (C=O) groups excluding carboxylic acids is 1. The number of alkyl halides is 4. The van der Waals surface area contributed by atoms with Gasteiger partial charge >= 0.3 is 0 Å². The summed E-state index contributed by atoms with van der Waals surface area (Å²) in [4.78, 5) is 43.0. The van der Waals surface area contributed by atoms with Crippen LogP contribution in [0.4, 0.5) is 32.2 Å². The van der Waals surface area contributed by atoms with E-state index in [-0.39, 0.29) is 61.7 Å². The van der Waals surface area contributed by atoms with Crippen LogP contribution in [0.2, 0.25) is 5.02 Å². The van der Waals surface area contributed by atoms with Crippen LogP contribution in [-0.2, 0) is 47.2 Å². The molecule has 326 valence electrons. The van der Waals surface area contributed by atoms with Crippen LogP contribution in [0.15, 0.2) is 65.7 Å². The molecule has 2 aliphatic carbocycles. The highest BCUT2D eigenvalue weighted by molar-refractivity contribution is 7.92. The standard InChI is InChI=1S/C41H33ClF6N10O4S/c1-4-26-33(50-10-9-49-26)19-5-6-22-27(14-19)52-39(58(40(22)60)29-8-7-25(42)32-35(29)56(2)54-38(32)55-63(3,61)62)28(13-18-11-20(43)15-21(44)12-18)51-30(59)17-57-36-31(34(53-57)37(45)46)23-16-24(23)41(36,47)48/h5-12,14-15,23-24,28,37H,4,13,16-17H2,1-3H3,(H,51,59)(H,54,55)/t23-,24+,28-/m0/s1. The van der Waals surface area contributed by atoms with E-state index >= 15 is 13.6 Å². The van der Waals surface area contributed by atoms with Gasteiger partial charge in [-0.1, -0.05) is 24.6 Å². The number of anilines is 1. The second-order valence-electron chi connectivity index (χ2n) is 15.5. The topological polar surface area (TPSA) is 172 Å². The molecular formula is C41H33ClF6N10O4S. The highest BCUT2D eigenvalue weighted by atomic mass is 35.5. The molecule has 3 atom stereocenters. The Morgan fingerprint density at radius 2 is 1.76 bits per heavy atom. The van der Waals surface area contributed by atoms with Gasteiger partial charge in [-0.25, -0.2) is 31.0 Å². The van der Waals surface area contributed by atoms with Crippen molar-refractivity contribution >= 4 is 55.2 Å². The fourth-order valence-electron chi connectivity index (χ4n) is 8.59. The lowest BCUT2D eigenvalue weighted by Gasteiger charge is -2.24. The Morgan fingerprint density at radius 3 is 2.46 bits per heavy atom. The molecule has 14 nitrogen and oxygen atoms in total. The van der Waals surface area contributed by atoms with Gasteiger partial charge in [0, 0.05) is 49.0 Å². The van der Waals surface area contributed by atoms with Crippen LogP contribution in [0.25, 0.3) is 38.8 Å². The van der Waals surface area contributed by atoms with Crippen molar-refractivity contribution in [3.05, 3.63) is 122 Å². The first-order valence-corrected chi connectivity index (χ1v) is 21.6. The van der Waals surface area contributed by atoms with Gasteiger partial charge in [0.2, 0.25) is 15.9 Å². The van der Waals surface area contributed by atoms with Gasteiger partial charge in [-0.15, -0.1) is 0 Å². The Hall–Kier alpha value is -6.35. The van der Waals surface area contributed by atoms with Crippen molar-refractivity contribution in [2.75, 3.05) is 11.0 Å². The molecule has 3 aromatic carbocycles. The second-order valence-corrected chi connectivity index (χ2v) is 17.6. The number of hydrogen-bond donors (Lipinski definition) is 2. The number of rotatable bonds is 12. The molecule has 2 N–H and O–H groups in total. The summed E-state index contributed by atoms with van der Waals surface area (Å²) in [5.41, 5.74) is -0.891. The van der Waals surface area contributed by atoms with Gasteiger partial charge in [0.25, 0.3) is 17.9 Å². The summed E-state index contributed by atoms with van der Waals surface area (Å²) in [5, 5.41) is 10.9. The zero-order chi connectivity index (χ0) is 44.9. The molecule has 22 heteroatoms. The first-order valence-electron chi connectivity index (χ1n) is 19.4. The average molecular weight is 911 g/mol. The molecule has 1 saturated carbocycles. The summed E-state index contributed by atoms with van der Waals surface area (Å²) < 4.78 is 119. The Kier molecular flexibility index (Phi) is 10.1. The van der Waals surface area contributed by atoms with E-state index in [4.69, 9.17) is 16.6 Å². The summed E-state index contributed by atoms with van der Waals surface area (Å²) in [6, 6.07) is 8.56. The van der Waals surface area contributed by atoms with E-state index in [0.717, 1.165) is 23.0 Å². The van der Waals surface area contributed by atoms with E-state index in [2.05, 4.69) is 30.2 Å². The number of aromatic nitrogens is 8. The maximum absolute atomic E-state index is 15.5. The number of hydrogen-bond acceptors (Lipinski definition) is 9. The zero-order valence-electron chi connectivity index (χ0n) is 33.2. The number of nitrogens with one attached hydrogen (secondary N) is 2. The summed E-state index contributed by atoms with van der Waals surface area (Å²) >= 11 is 6.64. The lowest BCUT2D eigenvalue weighted by atomic mass is 10.0. The Labute approximate surface area is 358 Å². The van der Waals surface area contributed by atoms with Gasteiger partial charge in [-0.2, -0.15) is 19.0 Å². The fourth-order valence-corrected chi connectivity index (χ4v) is 9.33. The van der Waals surface area contributed by atoms with Gasteiger partial charge < -0.3 is 5.32 Å². The monoisotopic (exact) mass is 910 g/mol. The number of benzene rings is 3. The Morgan fingerprint density at radius 1 is 1.03 bits per heavy atom. The summed E-state index contributed by atoms with van der Waals surface area (Å²) in [5.74, 6) is -9.05. The zero-order valence-corrected chi connectivity index (χ0v) is 34.7. The summed E-state index contributed by atoms with van der Waals surface area (Å²) in [6.45, 7) is 0.893. The van der Waals surface area contributed by atoms with Crippen LogP contribution in [0.1, 0.15) is 65.8 Å². The molecule has 2 aliphatic rings. The molecule has 0 spiro atoms. The van der Waals surface area contributed by atoms with Crippen molar-refractivity contribution < 1.29 is 39.6 Å². The van der Waals surface area contributed by atoms with Crippen LogP contribution in [0.3, 0.4) is 0 Å². The number of amides is 1. The first kappa shape index (κ1) is 42.0. The lowest BCUT2D eigenvalue weighted by Crippen LogP contribution is -2.38. The van der Waals surface area contributed by atoms with Crippen molar-refractivity contribution in [2.24, 2.45) is 13.0 Å². The van der Waals surface area contributed by atoms with E-state index in [1.807, 2.05) is 6.92 Å². The molecule has 1 amide bonds. The van der Waals surface area contributed by atoms with E-state index in [9.17, 15) is 30.8 Å². The Bertz CT molecular complexity index is 3210. The van der Waals surface area contributed by atoms with Crippen molar-refractivity contribution in [2.45, 2.75) is 57.0 Å². The molecule has 4 heterocycles. The number of carbonyl (C=O) groups is 1. The third-order valence-electron chi connectivity index (χ3n) is 11.2. The number of fused-ring (bicyclic) bond motifs is 5. The highest BCUT2D eigenvalue weighted by Crippen LogP contribution is 2.68. The molecule has 0 radical (unpaired) electrons. The maximum atomic E-state index is 15.5. The molecule has 0 aliphatic heterocycles. The van der Waals surface area contributed by atoms with Crippen LogP contribution >= 0.6 is 11.6 Å². The van der Waals surface area contributed by atoms with Crippen LogP contribution in [0.5, 0.6) is 0 Å². The number of sulfonamides is 1. The number of halogens is 7. The third kappa shape index (κ3) is 7.35. The summed E-state index contributed by atoms with van der Waals surface area (Å²) in [6.07, 6.45) is 0.736. The van der Waals surface area contributed by atoms with Gasteiger partial charge in [0.15, 0.2) is 5.82 Å². The minimum absolute atomic E-state index is 0.00615. The van der Waals surface area contributed by atoms with Crippen molar-refractivity contribution in [1.82, 2.24) is 44.4 Å². The largest absolute Gasteiger partial charge is 0.344 e. The molecule has 0 bridgehead atoms. The molecule has 9 rings (SSSR count). The van der Waals surface area contributed by atoms with Gasteiger partial charge in [-0.05, 0) is 60.7 Å². The molecular weight excluding hydrogens is 878 g/mol. The Balaban J connectivity index is 1.27. The lowest BCUT2D eigenvalue weighted by molar-refractivity contribution is -0.123. The van der Waals surface area contributed by atoms with Gasteiger partial charge in [0.1, 0.15) is 35.4 Å². The first-order chi connectivity index (χ1) is 29.8. The van der Waals surface area contributed by atoms with Crippen LogP contribution < -0.4 is 15.6 Å². The SMILES string of the molecule is CCc1nccnc1-c1ccc2c(=O)n(-c3ccc(Cl)c4c(NS(C)(=O)=O)nn(C)c34)c([C@H](Cc3cc(F)cc(F)c3)NC(=O)Cn3nc(C(F)F)c4c3C(F)(F)[C@@H]3C[C@H]43)nc2c1. The summed E-state index contributed by atoms with van der Waals surface area (Å²) in [7, 11) is -2.46. The molecule has 0 unspecified atom stereocenters. The van der Waals surface area contributed by atoms with E-state index in [1.165, 1.54) is 42.3 Å². The van der Waals surface area contributed by atoms with E-state index in [0.29, 0.717) is 34.1 Å². The van der Waals surface area contributed by atoms with Crippen molar-refractivity contribution in [1.29, 1.82) is 0 Å². The molecule has 1 fully saturated rings. The average Bonchev–Trinajstić information content (AvgIpc) is 3.75. The molecule has 7 aromatic rings. The molecule has 63 heavy (non-hydrogen) atoms. The van der Waals surface area contributed by atoms with Crippen molar-refractivity contribution in [3.63, 3.8) is 0 Å². The predicted octanol–water partition coefficient (Wildman–Crippen LogP) is 7.04. The minimum Gasteiger partial charge on any atom is -0.344 e. The van der Waals surface area contributed by atoms with E-state index < -0.39 is 87.7 Å². The minimum atomic E-state index is -3.92. The normalized spacial score (nSPS) is 17.0. The van der Waals surface area contributed by atoms with E-state index in [1.54, 1.807) is 12.1 Å². The molecule has 4 aromatic heterocycles. The predicted molar refractivity (Wildman–Crippen MR) is 218 cm³/mol. The number of aryl methyl sites for hydroxylation is 2. The highest BCUT2D eigenvalue weighted by Gasteiger charge is 2.67. The third-order valence-corrected chi connectivity index (χ3v) is 12.1.